The van der Waals surface area contributed by atoms with E-state index in [1.165, 1.54) is 5.56 Å². The lowest BCUT2D eigenvalue weighted by atomic mass is 10.2. The van der Waals surface area contributed by atoms with Crippen LogP contribution in [0.4, 0.5) is 0 Å². The van der Waals surface area contributed by atoms with Crippen molar-refractivity contribution in [1.29, 1.82) is 0 Å². The highest BCUT2D eigenvalue weighted by Gasteiger charge is 2.43. The molecule has 0 aromatic heterocycles. The van der Waals surface area contributed by atoms with Crippen LogP contribution in [0.25, 0.3) is 0 Å². The third kappa shape index (κ3) is 7.22. The minimum absolute atomic E-state index is 0.102. The molecule has 0 aliphatic rings. The maximum atomic E-state index is 6.18. The summed E-state index contributed by atoms with van der Waals surface area (Å²) in [6.07, 6.45) is 1.22. The Morgan fingerprint density at radius 2 is 1.19 bits per heavy atom. The quantitative estimate of drug-likeness (QED) is 0.631. The molecule has 0 fully saturated rings. The van der Waals surface area contributed by atoms with Crippen molar-refractivity contribution < 1.29 is 13.3 Å². The van der Waals surface area contributed by atoms with Gasteiger partial charge in [-0.05, 0) is 53.5 Å². The second kappa shape index (κ2) is 8.69. The molecule has 0 aliphatic carbocycles. The monoisotopic (exact) mass is 310 g/mol. The van der Waals surface area contributed by atoms with Crippen LogP contribution < -0.4 is 0 Å². The van der Waals surface area contributed by atoms with Crippen LogP contribution in [0.3, 0.4) is 0 Å². The summed E-state index contributed by atoms with van der Waals surface area (Å²) in [4.78, 5) is 0. The molecule has 0 atom stereocenters. The fourth-order valence-corrected chi connectivity index (χ4v) is 5.55. The van der Waals surface area contributed by atoms with Crippen molar-refractivity contribution in [2.75, 3.05) is 0 Å². The fraction of sp³-hybridized carbons (Fsp3) is 0.647. The maximum Gasteiger partial charge on any atom is 0.501 e. The van der Waals surface area contributed by atoms with E-state index in [2.05, 4.69) is 24.3 Å². The first kappa shape index (κ1) is 18.4. The first-order valence-electron chi connectivity index (χ1n) is 7.90. The SMILES string of the molecule is CC(C)O[Si](CCc1ccccc1)(OC(C)C)OC(C)C. The molecule has 0 bridgehead atoms. The predicted octanol–water partition coefficient (Wildman–Crippen LogP) is 4.44. The Kier molecular flexibility index (Phi) is 7.60. The highest BCUT2D eigenvalue weighted by molar-refractivity contribution is 6.60. The zero-order valence-corrected chi connectivity index (χ0v) is 15.3. The van der Waals surface area contributed by atoms with Crippen molar-refractivity contribution in [3.63, 3.8) is 0 Å². The van der Waals surface area contributed by atoms with Crippen LogP contribution in [0.15, 0.2) is 30.3 Å². The lowest BCUT2D eigenvalue weighted by Crippen LogP contribution is -2.51. The third-order valence-corrected chi connectivity index (χ3v) is 6.16. The van der Waals surface area contributed by atoms with E-state index in [4.69, 9.17) is 13.3 Å². The molecule has 0 aliphatic heterocycles. The molecule has 0 saturated carbocycles. The summed E-state index contributed by atoms with van der Waals surface area (Å²) < 4.78 is 18.5. The maximum absolute atomic E-state index is 6.18. The van der Waals surface area contributed by atoms with E-state index >= 15 is 0 Å². The van der Waals surface area contributed by atoms with Gasteiger partial charge in [-0.3, -0.25) is 0 Å². The zero-order valence-electron chi connectivity index (χ0n) is 14.3. The number of hydrogen-bond donors (Lipinski definition) is 0. The van der Waals surface area contributed by atoms with Gasteiger partial charge >= 0.3 is 8.80 Å². The van der Waals surface area contributed by atoms with E-state index in [-0.39, 0.29) is 18.3 Å². The molecule has 1 aromatic carbocycles. The van der Waals surface area contributed by atoms with E-state index in [1.54, 1.807) is 0 Å². The minimum Gasteiger partial charge on any atom is -0.371 e. The summed E-state index contributed by atoms with van der Waals surface area (Å²) in [5, 5.41) is 0. The molecule has 120 valence electrons. The van der Waals surface area contributed by atoms with E-state index in [1.807, 2.05) is 47.6 Å². The zero-order chi connectivity index (χ0) is 15.9. The van der Waals surface area contributed by atoms with Gasteiger partial charge in [-0.1, -0.05) is 30.3 Å². The van der Waals surface area contributed by atoms with Crippen molar-refractivity contribution >= 4 is 8.80 Å². The number of hydrogen-bond acceptors (Lipinski definition) is 3. The van der Waals surface area contributed by atoms with Crippen molar-refractivity contribution in [3.8, 4) is 0 Å². The van der Waals surface area contributed by atoms with Crippen molar-refractivity contribution in [1.82, 2.24) is 0 Å². The Bertz CT molecular complexity index is 364. The summed E-state index contributed by atoms with van der Waals surface area (Å²) in [6, 6.07) is 11.3. The van der Waals surface area contributed by atoms with Crippen molar-refractivity contribution in [3.05, 3.63) is 35.9 Å². The summed E-state index contributed by atoms with van der Waals surface area (Å²) in [5.41, 5.74) is 1.29. The van der Waals surface area contributed by atoms with Crippen LogP contribution in [0, 0.1) is 0 Å². The molecule has 21 heavy (non-hydrogen) atoms. The molecule has 0 amide bonds. The first-order valence-corrected chi connectivity index (χ1v) is 9.83. The Labute approximate surface area is 131 Å². The lowest BCUT2D eigenvalue weighted by molar-refractivity contribution is 0.00331. The highest BCUT2D eigenvalue weighted by atomic mass is 28.4. The van der Waals surface area contributed by atoms with Gasteiger partial charge in [0, 0.05) is 24.4 Å². The highest BCUT2D eigenvalue weighted by Crippen LogP contribution is 2.24. The van der Waals surface area contributed by atoms with Crippen molar-refractivity contribution in [2.45, 2.75) is 72.3 Å². The van der Waals surface area contributed by atoms with Gasteiger partial charge in [-0.25, -0.2) is 0 Å². The van der Waals surface area contributed by atoms with Crippen LogP contribution in [-0.2, 0) is 19.7 Å². The molecule has 0 unspecified atom stereocenters. The largest absolute Gasteiger partial charge is 0.501 e. The van der Waals surface area contributed by atoms with Gasteiger partial charge in [0.2, 0.25) is 0 Å². The summed E-state index contributed by atoms with van der Waals surface area (Å²) in [5.74, 6) is 0. The third-order valence-electron chi connectivity index (χ3n) is 2.81. The molecule has 3 nitrogen and oxygen atoms in total. The normalized spacial score (nSPS) is 12.6. The van der Waals surface area contributed by atoms with Crippen LogP contribution >= 0.6 is 0 Å². The van der Waals surface area contributed by atoms with Crippen LogP contribution in [0.1, 0.15) is 47.1 Å². The fourth-order valence-electron chi connectivity index (χ4n) is 2.28. The van der Waals surface area contributed by atoms with Gasteiger partial charge < -0.3 is 13.3 Å². The molecule has 1 rings (SSSR count). The van der Waals surface area contributed by atoms with E-state index in [0.29, 0.717) is 0 Å². The molecule has 0 heterocycles. The average Bonchev–Trinajstić information content (AvgIpc) is 2.35. The van der Waals surface area contributed by atoms with Crippen LogP contribution in [0.2, 0.25) is 6.04 Å². The van der Waals surface area contributed by atoms with Crippen LogP contribution in [0.5, 0.6) is 0 Å². The van der Waals surface area contributed by atoms with Gasteiger partial charge in [0.05, 0.1) is 0 Å². The number of rotatable bonds is 9. The molecule has 0 spiro atoms. The summed E-state index contributed by atoms with van der Waals surface area (Å²) in [6.45, 7) is 12.2. The Morgan fingerprint density at radius 1 is 0.762 bits per heavy atom. The second-order valence-corrected chi connectivity index (χ2v) is 8.74. The molecule has 0 N–H and O–H groups in total. The molecule has 0 saturated heterocycles. The topological polar surface area (TPSA) is 27.7 Å². The Hall–Kier alpha value is -0.683. The lowest BCUT2D eigenvalue weighted by Gasteiger charge is -2.34. The first-order chi connectivity index (χ1) is 9.83. The number of benzene rings is 1. The van der Waals surface area contributed by atoms with E-state index in [0.717, 1.165) is 12.5 Å². The van der Waals surface area contributed by atoms with E-state index in [9.17, 15) is 0 Å². The molecular weight excluding hydrogens is 280 g/mol. The molecule has 4 heteroatoms. The second-order valence-electron chi connectivity index (χ2n) is 6.17. The van der Waals surface area contributed by atoms with Gasteiger partial charge in [0.25, 0.3) is 0 Å². The van der Waals surface area contributed by atoms with Crippen molar-refractivity contribution in [2.24, 2.45) is 0 Å². The Balaban J connectivity index is 2.85. The Morgan fingerprint density at radius 3 is 1.57 bits per heavy atom. The van der Waals surface area contributed by atoms with Gasteiger partial charge in [-0.15, -0.1) is 0 Å². The molecule has 0 radical (unpaired) electrons. The average molecular weight is 311 g/mol. The van der Waals surface area contributed by atoms with Crippen LogP contribution in [-0.4, -0.2) is 27.1 Å². The summed E-state index contributed by atoms with van der Waals surface area (Å²) >= 11 is 0. The standard InChI is InChI=1S/C17H30O3Si/c1-14(2)18-21(19-15(3)4,20-16(5)6)13-12-17-10-8-7-9-11-17/h7-11,14-16H,12-13H2,1-6H3. The minimum atomic E-state index is -2.67. The van der Waals surface area contributed by atoms with Gasteiger partial charge in [0.15, 0.2) is 0 Å². The smallest absolute Gasteiger partial charge is 0.371 e. The van der Waals surface area contributed by atoms with E-state index < -0.39 is 8.80 Å². The molecule has 1 aromatic rings. The van der Waals surface area contributed by atoms with Gasteiger partial charge in [-0.2, -0.15) is 0 Å². The van der Waals surface area contributed by atoms with Gasteiger partial charge in [0.1, 0.15) is 0 Å². The number of aryl methyl sites for hydroxylation is 1. The predicted molar refractivity (Wildman–Crippen MR) is 89.4 cm³/mol. The molecular formula is C17H30O3Si. The summed E-state index contributed by atoms with van der Waals surface area (Å²) in [7, 11) is -2.67.